The summed E-state index contributed by atoms with van der Waals surface area (Å²) in [6.07, 6.45) is 2.60. The number of carbonyl (C=O) groups is 1. The van der Waals surface area contributed by atoms with Gasteiger partial charge in [-0.3, -0.25) is 4.79 Å². The topological polar surface area (TPSA) is 93.7 Å². The largest absolute Gasteiger partial charge is 0.490 e. The van der Waals surface area contributed by atoms with Gasteiger partial charge in [0.1, 0.15) is 5.82 Å². The standard InChI is InChI=1S/C22H25FN2O5S/c23-17-4-2-16(3-5-17)22(9-10-22)15-24-21(26)8-11-25-31(27,28)18-6-7-19-20(14-18)30-13-1-12-29-19/h2-7,14,25H,1,8-13,15H2,(H,24,26). The van der Waals surface area contributed by atoms with Crippen molar-refractivity contribution in [3.8, 4) is 11.5 Å². The first-order valence-electron chi connectivity index (χ1n) is 10.3. The molecule has 166 valence electrons. The second-order valence-corrected chi connectivity index (χ2v) is 9.64. The summed E-state index contributed by atoms with van der Waals surface area (Å²) < 4.78 is 51.7. The molecule has 2 aliphatic rings. The lowest BCUT2D eigenvalue weighted by molar-refractivity contribution is -0.121. The molecule has 0 saturated heterocycles. The number of ether oxygens (including phenoxy) is 2. The van der Waals surface area contributed by atoms with Crippen molar-refractivity contribution < 1.29 is 27.1 Å². The van der Waals surface area contributed by atoms with E-state index in [1.165, 1.54) is 24.3 Å². The van der Waals surface area contributed by atoms with Gasteiger partial charge in [0.15, 0.2) is 11.5 Å². The summed E-state index contributed by atoms with van der Waals surface area (Å²) in [6.45, 7) is 1.41. The van der Waals surface area contributed by atoms with Crippen LogP contribution in [0.1, 0.15) is 31.2 Å². The molecule has 4 rings (SSSR count). The Kier molecular flexibility index (Phi) is 6.15. The van der Waals surface area contributed by atoms with Crippen molar-refractivity contribution >= 4 is 15.9 Å². The van der Waals surface area contributed by atoms with Crippen molar-refractivity contribution in [1.29, 1.82) is 0 Å². The van der Waals surface area contributed by atoms with Gasteiger partial charge in [-0.15, -0.1) is 0 Å². The maximum absolute atomic E-state index is 13.1. The number of carbonyl (C=O) groups excluding carboxylic acids is 1. The van der Waals surface area contributed by atoms with Crippen LogP contribution in [0.5, 0.6) is 11.5 Å². The minimum Gasteiger partial charge on any atom is -0.490 e. The van der Waals surface area contributed by atoms with Crippen LogP contribution in [-0.2, 0) is 20.2 Å². The molecule has 0 radical (unpaired) electrons. The van der Waals surface area contributed by atoms with Gasteiger partial charge in [-0.05, 0) is 42.7 Å². The molecule has 2 aromatic carbocycles. The zero-order valence-corrected chi connectivity index (χ0v) is 17.8. The molecular formula is C22H25FN2O5S. The van der Waals surface area contributed by atoms with E-state index < -0.39 is 10.0 Å². The van der Waals surface area contributed by atoms with Crippen LogP contribution >= 0.6 is 0 Å². The second kappa shape index (κ2) is 8.84. The molecule has 9 heteroatoms. The summed E-state index contributed by atoms with van der Waals surface area (Å²) in [5.41, 5.74) is 0.858. The van der Waals surface area contributed by atoms with E-state index in [1.54, 1.807) is 18.2 Å². The third-order valence-corrected chi connectivity index (χ3v) is 7.07. The fourth-order valence-electron chi connectivity index (χ4n) is 3.57. The Labute approximate surface area is 181 Å². The molecule has 7 nitrogen and oxygen atoms in total. The molecule has 1 amide bonds. The Morgan fingerprint density at radius 3 is 2.45 bits per heavy atom. The first-order chi connectivity index (χ1) is 14.9. The molecule has 0 aromatic heterocycles. The summed E-state index contributed by atoms with van der Waals surface area (Å²) in [5.74, 6) is 0.388. The molecular weight excluding hydrogens is 423 g/mol. The highest BCUT2D eigenvalue weighted by molar-refractivity contribution is 7.89. The summed E-state index contributed by atoms with van der Waals surface area (Å²) in [5, 5.41) is 2.87. The van der Waals surface area contributed by atoms with Crippen LogP contribution in [0.2, 0.25) is 0 Å². The van der Waals surface area contributed by atoms with Crippen molar-refractivity contribution in [2.75, 3.05) is 26.3 Å². The predicted octanol–water partition coefficient (Wildman–Crippen LogP) is 2.50. The van der Waals surface area contributed by atoms with Crippen molar-refractivity contribution in [3.63, 3.8) is 0 Å². The average Bonchev–Trinajstić information content (AvgIpc) is 3.56. The number of rotatable bonds is 8. The van der Waals surface area contributed by atoms with Gasteiger partial charge >= 0.3 is 0 Å². The zero-order chi connectivity index (χ0) is 21.9. The smallest absolute Gasteiger partial charge is 0.240 e. The minimum absolute atomic E-state index is 0.0171. The second-order valence-electron chi connectivity index (χ2n) is 7.87. The van der Waals surface area contributed by atoms with E-state index in [-0.39, 0.29) is 35.0 Å². The lowest BCUT2D eigenvalue weighted by Crippen LogP contribution is -2.35. The number of fused-ring (bicyclic) bond motifs is 1. The molecule has 0 bridgehead atoms. The van der Waals surface area contributed by atoms with Gasteiger partial charge in [-0.1, -0.05) is 12.1 Å². The number of hydrogen-bond acceptors (Lipinski definition) is 5. The Balaban J connectivity index is 1.27. The van der Waals surface area contributed by atoms with Crippen LogP contribution in [-0.4, -0.2) is 40.6 Å². The minimum atomic E-state index is -3.78. The van der Waals surface area contributed by atoms with Crippen molar-refractivity contribution in [2.24, 2.45) is 0 Å². The first kappa shape index (κ1) is 21.6. The number of amides is 1. The third-order valence-electron chi connectivity index (χ3n) is 5.61. The van der Waals surface area contributed by atoms with Crippen LogP contribution in [0.15, 0.2) is 47.4 Å². The number of benzene rings is 2. The Hall–Kier alpha value is -2.65. The lowest BCUT2D eigenvalue weighted by Gasteiger charge is -2.17. The van der Waals surface area contributed by atoms with E-state index in [4.69, 9.17) is 9.47 Å². The van der Waals surface area contributed by atoms with Gasteiger partial charge in [-0.25, -0.2) is 17.5 Å². The number of hydrogen-bond donors (Lipinski definition) is 2. The zero-order valence-electron chi connectivity index (χ0n) is 17.0. The molecule has 0 unspecified atom stereocenters. The number of halogens is 1. The molecule has 0 atom stereocenters. The molecule has 2 aromatic rings. The average molecular weight is 449 g/mol. The highest BCUT2D eigenvalue weighted by atomic mass is 32.2. The maximum Gasteiger partial charge on any atom is 0.240 e. The van der Waals surface area contributed by atoms with Crippen LogP contribution in [0.3, 0.4) is 0 Å². The first-order valence-corrected chi connectivity index (χ1v) is 11.8. The fraction of sp³-hybridized carbons (Fsp3) is 0.409. The molecule has 1 fully saturated rings. The van der Waals surface area contributed by atoms with Crippen LogP contribution in [0.25, 0.3) is 0 Å². The van der Waals surface area contributed by atoms with Gasteiger partial charge < -0.3 is 14.8 Å². The van der Waals surface area contributed by atoms with Gasteiger partial charge in [0, 0.05) is 37.4 Å². The summed E-state index contributed by atoms with van der Waals surface area (Å²) >= 11 is 0. The maximum atomic E-state index is 13.1. The Morgan fingerprint density at radius 2 is 1.74 bits per heavy atom. The fourth-order valence-corrected chi connectivity index (χ4v) is 4.62. The molecule has 2 N–H and O–H groups in total. The summed E-state index contributed by atoms with van der Waals surface area (Å²) in [7, 11) is -3.78. The Bertz CT molecular complexity index is 1050. The van der Waals surface area contributed by atoms with E-state index in [0.29, 0.717) is 31.3 Å². The van der Waals surface area contributed by atoms with Crippen molar-refractivity contribution in [1.82, 2.24) is 10.0 Å². The number of sulfonamides is 1. The van der Waals surface area contributed by atoms with Gasteiger partial charge in [0.05, 0.1) is 18.1 Å². The quantitative estimate of drug-likeness (QED) is 0.647. The molecule has 1 heterocycles. The Morgan fingerprint density at radius 1 is 1.03 bits per heavy atom. The SMILES string of the molecule is O=C(CCNS(=O)(=O)c1ccc2c(c1)OCCCO2)NCC1(c2ccc(F)cc2)CC1. The summed E-state index contributed by atoms with van der Waals surface area (Å²) in [6, 6.07) is 10.8. The summed E-state index contributed by atoms with van der Waals surface area (Å²) in [4.78, 5) is 12.3. The normalized spacial score (nSPS) is 16.9. The highest BCUT2D eigenvalue weighted by Gasteiger charge is 2.44. The van der Waals surface area contributed by atoms with Crippen LogP contribution in [0, 0.1) is 5.82 Å². The molecule has 31 heavy (non-hydrogen) atoms. The van der Waals surface area contributed by atoms with Crippen LogP contribution < -0.4 is 19.5 Å². The van der Waals surface area contributed by atoms with Gasteiger partial charge in [-0.2, -0.15) is 0 Å². The van der Waals surface area contributed by atoms with Crippen molar-refractivity contribution in [2.45, 2.75) is 36.0 Å². The van der Waals surface area contributed by atoms with E-state index in [1.807, 2.05) is 0 Å². The van der Waals surface area contributed by atoms with E-state index in [0.717, 1.165) is 24.8 Å². The molecule has 0 spiro atoms. The number of nitrogens with one attached hydrogen (secondary N) is 2. The van der Waals surface area contributed by atoms with Gasteiger partial charge in [0.2, 0.25) is 15.9 Å². The van der Waals surface area contributed by atoms with E-state index in [9.17, 15) is 17.6 Å². The van der Waals surface area contributed by atoms with Gasteiger partial charge in [0.25, 0.3) is 0 Å². The third kappa shape index (κ3) is 5.16. The van der Waals surface area contributed by atoms with E-state index >= 15 is 0 Å². The van der Waals surface area contributed by atoms with Crippen LogP contribution in [0.4, 0.5) is 4.39 Å². The van der Waals surface area contributed by atoms with Crippen molar-refractivity contribution in [3.05, 3.63) is 53.8 Å². The molecule has 1 aliphatic carbocycles. The monoisotopic (exact) mass is 448 g/mol. The molecule has 1 aliphatic heterocycles. The predicted molar refractivity (Wildman–Crippen MR) is 112 cm³/mol. The highest BCUT2D eigenvalue weighted by Crippen LogP contribution is 2.47. The molecule has 1 saturated carbocycles. The van der Waals surface area contributed by atoms with E-state index in [2.05, 4.69) is 10.0 Å². The lowest BCUT2D eigenvalue weighted by atomic mass is 9.96.